The molecule has 0 aliphatic rings. The molecule has 1 amide bonds. The second-order valence-electron chi connectivity index (χ2n) is 7.68. The molecular formula is C24H29N3O2. The fraction of sp³-hybridized carbons (Fsp3) is 0.333. The average Bonchev–Trinajstić information content (AvgIpc) is 3.12. The van der Waals surface area contributed by atoms with Crippen molar-refractivity contribution >= 4 is 5.91 Å². The van der Waals surface area contributed by atoms with Crippen LogP contribution >= 0.6 is 0 Å². The Labute approximate surface area is 172 Å². The van der Waals surface area contributed by atoms with Crippen LogP contribution in [0.15, 0.2) is 54.9 Å². The predicted molar refractivity (Wildman–Crippen MR) is 116 cm³/mol. The van der Waals surface area contributed by atoms with Crippen LogP contribution in [0.4, 0.5) is 0 Å². The molecule has 0 saturated heterocycles. The van der Waals surface area contributed by atoms with Gasteiger partial charge in [-0.25, -0.2) is 4.98 Å². The zero-order valence-corrected chi connectivity index (χ0v) is 17.8. The van der Waals surface area contributed by atoms with Crippen LogP contribution in [-0.4, -0.2) is 21.6 Å². The highest BCUT2D eigenvalue weighted by Crippen LogP contribution is 2.28. The molecule has 1 aromatic heterocycles. The molecule has 0 aliphatic heterocycles. The number of imidazole rings is 1. The monoisotopic (exact) mass is 391 g/mol. The van der Waals surface area contributed by atoms with Crippen molar-refractivity contribution in [2.45, 2.75) is 53.2 Å². The SMILES string of the molecule is Cc1ccc(C(C)C)c(O[C@H](C)C(=O)NCc2ccc(-n3ccnc3C)cc2)c1. The van der Waals surface area contributed by atoms with Gasteiger partial charge in [0.25, 0.3) is 5.91 Å². The lowest BCUT2D eigenvalue weighted by molar-refractivity contribution is -0.127. The molecule has 1 atom stereocenters. The Bertz CT molecular complexity index is 974. The summed E-state index contributed by atoms with van der Waals surface area (Å²) in [6, 6.07) is 14.2. The fourth-order valence-electron chi connectivity index (χ4n) is 3.22. The molecule has 0 aliphatic carbocycles. The van der Waals surface area contributed by atoms with Crippen LogP contribution in [0.25, 0.3) is 5.69 Å². The molecule has 1 heterocycles. The van der Waals surface area contributed by atoms with Gasteiger partial charge in [-0.15, -0.1) is 0 Å². The van der Waals surface area contributed by atoms with E-state index in [1.807, 2.05) is 54.9 Å². The summed E-state index contributed by atoms with van der Waals surface area (Å²) in [5.74, 6) is 1.92. The second kappa shape index (κ2) is 8.95. The highest BCUT2D eigenvalue weighted by molar-refractivity contribution is 5.80. The fourth-order valence-corrected chi connectivity index (χ4v) is 3.22. The molecule has 3 rings (SSSR count). The van der Waals surface area contributed by atoms with Gasteiger partial charge in [0, 0.05) is 24.6 Å². The number of nitrogens with one attached hydrogen (secondary N) is 1. The molecule has 1 N–H and O–H groups in total. The van der Waals surface area contributed by atoms with Crippen LogP contribution in [0.1, 0.15) is 49.2 Å². The van der Waals surface area contributed by atoms with Crippen LogP contribution in [-0.2, 0) is 11.3 Å². The van der Waals surface area contributed by atoms with Gasteiger partial charge in [-0.1, -0.05) is 38.1 Å². The Morgan fingerprint density at radius 1 is 1.10 bits per heavy atom. The molecule has 5 nitrogen and oxygen atoms in total. The maximum Gasteiger partial charge on any atom is 0.261 e. The smallest absolute Gasteiger partial charge is 0.261 e. The Kier molecular flexibility index (Phi) is 6.37. The number of ether oxygens (including phenoxy) is 1. The third-order valence-corrected chi connectivity index (χ3v) is 4.97. The molecule has 0 radical (unpaired) electrons. The number of aryl methyl sites for hydroxylation is 2. The minimum atomic E-state index is -0.567. The third kappa shape index (κ3) is 5.05. The van der Waals surface area contributed by atoms with E-state index in [0.717, 1.165) is 34.0 Å². The van der Waals surface area contributed by atoms with Gasteiger partial charge in [0.15, 0.2) is 6.10 Å². The van der Waals surface area contributed by atoms with E-state index in [0.29, 0.717) is 12.5 Å². The minimum Gasteiger partial charge on any atom is -0.481 e. The molecule has 29 heavy (non-hydrogen) atoms. The van der Waals surface area contributed by atoms with Crippen molar-refractivity contribution in [2.75, 3.05) is 0 Å². The van der Waals surface area contributed by atoms with Crippen molar-refractivity contribution in [1.82, 2.24) is 14.9 Å². The number of nitrogens with zero attached hydrogens (tertiary/aromatic N) is 2. The molecule has 3 aromatic rings. The summed E-state index contributed by atoms with van der Waals surface area (Å²) in [5.41, 5.74) is 4.31. The summed E-state index contributed by atoms with van der Waals surface area (Å²) in [5, 5.41) is 2.96. The zero-order chi connectivity index (χ0) is 21.0. The second-order valence-corrected chi connectivity index (χ2v) is 7.68. The summed E-state index contributed by atoms with van der Waals surface area (Å²) in [6.07, 6.45) is 3.15. The van der Waals surface area contributed by atoms with Crippen molar-refractivity contribution in [1.29, 1.82) is 0 Å². The maximum atomic E-state index is 12.5. The molecule has 0 fully saturated rings. The quantitative estimate of drug-likeness (QED) is 0.635. The molecule has 152 valence electrons. The third-order valence-electron chi connectivity index (χ3n) is 4.97. The molecule has 2 aromatic carbocycles. The van der Waals surface area contributed by atoms with Crippen molar-refractivity contribution in [3.8, 4) is 11.4 Å². The van der Waals surface area contributed by atoms with Crippen LogP contribution < -0.4 is 10.1 Å². The number of aromatic nitrogens is 2. The van der Waals surface area contributed by atoms with Crippen molar-refractivity contribution in [3.05, 3.63) is 77.4 Å². The van der Waals surface area contributed by atoms with E-state index in [4.69, 9.17) is 4.74 Å². The lowest BCUT2D eigenvalue weighted by atomic mass is 10.0. The Morgan fingerprint density at radius 2 is 1.83 bits per heavy atom. The minimum absolute atomic E-state index is 0.129. The van der Waals surface area contributed by atoms with Gasteiger partial charge in [0.1, 0.15) is 11.6 Å². The number of carbonyl (C=O) groups excluding carboxylic acids is 1. The Morgan fingerprint density at radius 3 is 2.45 bits per heavy atom. The Balaban J connectivity index is 1.59. The molecular weight excluding hydrogens is 362 g/mol. The number of carbonyl (C=O) groups is 1. The van der Waals surface area contributed by atoms with Crippen LogP contribution in [0.5, 0.6) is 5.75 Å². The van der Waals surface area contributed by atoms with E-state index in [1.165, 1.54) is 0 Å². The maximum absolute atomic E-state index is 12.5. The first-order chi connectivity index (χ1) is 13.8. The summed E-state index contributed by atoms with van der Waals surface area (Å²) in [6.45, 7) is 10.5. The zero-order valence-electron chi connectivity index (χ0n) is 17.8. The molecule has 5 heteroatoms. The topological polar surface area (TPSA) is 56.1 Å². The largest absolute Gasteiger partial charge is 0.481 e. The molecule has 0 spiro atoms. The van der Waals surface area contributed by atoms with Crippen molar-refractivity contribution in [2.24, 2.45) is 0 Å². The van der Waals surface area contributed by atoms with Crippen LogP contribution in [0.2, 0.25) is 0 Å². The lowest BCUT2D eigenvalue weighted by Gasteiger charge is -2.19. The standard InChI is InChI=1S/C24H29N3O2/c1-16(2)22-11-6-17(3)14-23(22)29-18(4)24(28)26-15-20-7-9-21(10-8-20)27-13-12-25-19(27)5/h6-14,16,18H,15H2,1-5H3,(H,26,28)/t18-/m1/s1. The van der Waals surface area contributed by atoms with E-state index in [1.54, 1.807) is 13.1 Å². The van der Waals surface area contributed by atoms with E-state index in [2.05, 4.69) is 36.3 Å². The van der Waals surface area contributed by atoms with E-state index < -0.39 is 6.10 Å². The highest BCUT2D eigenvalue weighted by atomic mass is 16.5. The summed E-state index contributed by atoms with van der Waals surface area (Å²) < 4.78 is 8.02. The number of hydrogen-bond donors (Lipinski definition) is 1. The van der Waals surface area contributed by atoms with Gasteiger partial charge in [0.05, 0.1) is 0 Å². The Hall–Kier alpha value is -3.08. The van der Waals surface area contributed by atoms with Gasteiger partial charge in [-0.2, -0.15) is 0 Å². The van der Waals surface area contributed by atoms with E-state index >= 15 is 0 Å². The van der Waals surface area contributed by atoms with E-state index in [9.17, 15) is 4.79 Å². The number of rotatable bonds is 7. The van der Waals surface area contributed by atoms with E-state index in [-0.39, 0.29) is 5.91 Å². The summed E-state index contributed by atoms with van der Waals surface area (Å²) in [7, 11) is 0. The normalized spacial score (nSPS) is 12.1. The first-order valence-electron chi connectivity index (χ1n) is 9.99. The summed E-state index contributed by atoms with van der Waals surface area (Å²) in [4.78, 5) is 16.8. The highest BCUT2D eigenvalue weighted by Gasteiger charge is 2.17. The molecule has 0 unspecified atom stereocenters. The van der Waals surface area contributed by atoms with Crippen molar-refractivity contribution < 1.29 is 9.53 Å². The van der Waals surface area contributed by atoms with Gasteiger partial charge < -0.3 is 14.6 Å². The van der Waals surface area contributed by atoms with Gasteiger partial charge in [-0.05, 0) is 61.6 Å². The first-order valence-corrected chi connectivity index (χ1v) is 9.99. The molecule has 0 saturated carbocycles. The number of amides is 1. The first kappa shape index (κ1) is 20.6. The number of benzene rings is 2. The van der Waals surface area contributed by atoms with Crippen LogP contribution in [0, 0.1) is 13.8 Å². The van der Waals surface area contributed by atoms with Gasteiger partial charge >= 0.3 is 0 Å². The van der Waals surface area contributed by atoms with Gasteiger partial charge in [0.2, 0.25) is 0 Å². The lowest BCUT2D eigenvalue weighted by Crippen LogP contribution is -2.36. The van der Waals surface area contributed by atoms with Gasteiger partial charge in [-0.3, -0.25) is 4.79 Å². The van der Waals surface area contributed by atoms with Crippen molar-refractivity contribution in [3.63, 3.8) is 0 Å². The van der Waals surface area contributed by atoms with Crippen LogP contribution in [0.3, 0.4) is 0 Å². The summed E-state index contributed by atoms with van der Waals surface area (Å²) >= 11 is 0. The molecule has 0 bridgehead atoms. The number of hydrogen-bond acceptors (Lipinski definition) is 3. The average molecular weight is 392 g/mol. The predicted octanol–water partition coefficient (Wildman–Crippen LogP) is 4.70.